The molecule has 0 radical (unpaired) electrons. The number of hydrogen-bond acceptors (Lipinski definition) is 3. The van der Waals surface area contributed by atoms with Crippen LogP contribution in [0.2, 0.25) is 0 Å². The van der Waals surface area contributed by atoms with Crippen LogP contribution in [0.1, 0.15) is 31.4 Å². The zero-order valence-corrected chi connectivity index (χ0v) is 15.8. The summed E-state index contributed by atoms with van der Waals surface area (Å²) >= 11 is 0. The van der Waals surface area contributed by atoms with Crippen molar-refractivity contribution in [2.45, 2.75) is 39.5 Å². The molecule has 136 valence electrons. The quantitative estimate of drug-likeness (QED) is 0.597. The Bertz CT molecular complexity index is 842. The summed E-state index contributed by atoms with van der Waals surface area (Å²) in [4.78, 5) is 0. The van der Waals surface area contributed by atoms with E-state index in [1.54, 1.807) is 7.11 Å². The molecular formula is C23H27NO2. The number of fused-ring (bicyclic) bond motifs is 1. The Labute approximate surface area is 156 Å². The van der Waals surface area contributed by atoms with Gasteiger partial charge in [0.15, 0.2) is 0 Å². The van der Waals surface area contributed by atoms with Gasteiger partial charge in [-0.3, -0.25) is 0 Å². The summed E-state index contributed by atoms with van der Waals surface area (Å²) in [6.07, 6.45) is 1.20. The molecule has 0 fully saturated rings. The molecule has 0 saturated carbocycles. The van der Waals surface area contributed by atoms with Gasteiger partial charge >= 0.3 is 0 Å². The normalized spacial score (nSPS) is 12.1. The van der Waals surface area contributed by atoms with Crippen LogP contribution >= 0.6 is 0 Å². The average molecular weight is 349 g/mol. The summed E-state index contributed by atoms with van der Waals surface area (Å²) < 4.78 is 11.4. The van der Waals surface area contributed by atoms with Gasteiger partial charge in [0.25, 0.3) is 0 Å². The zero-order valence-electron chi connectivity index (χ0n) is 15.8. The first kappa shape index (κ1) is 18.3. The molecule has 1 unspecified atom stereocenters. The lowest BCUT2D eigenvalue weighted by Crippen LogP contribution is -2.16. The predicted octanol–water partition coefficient (Wildman–Crippen LogP) is 5.32. The number of rotatable bonds is 8. The maximum atomic E-state index is 6.18. The molecule has 1 N–H and O–H groups in total. The third-order valence-corrected chi connectivity index (χ3v) is 4.69. The first-order chi connectivity index (χ1) is 12.7. The molecule has 0 amide bonds. The Balaban J connectivity index is 1.78. The van der Waals surface area contributed by atoms with E-state index in [0.29, 0.717) is 0 Å². The highest BCUT2D eigenvalue weighted by Gasteiger charge is 2.11. The van der Waals surface area contributed by atoms with Crippen molar-refractivity contribution >= 4 is 10.8 Å². The van der Waals surface area contributed by atoms with Crippen LogP contribution in [-0.2, 0) is 13.1 Å². The van der Waals surface area contributed by atoms with Crippen LogP contribution < -0.4 is 14.8 Å². The number of nitrogens with one attached hydrogen (secondary N) is 1. The molecule has 0 aliphatic heterocycles. The van der Waals surface area contributed by atoms with Crippen molar-refractivity contribution in [2.75, 3.05) is 7.11 Å². The first-order valence-corrected chi connectivity index (χ1v) is 9.22. The Kier molecular flexibility index (Phi) is 6.13. The van der Waals surface area contributed by atoms with E-state index in [1.807, 2.05) is 12.1 Å². The highest BCUT2D eigenvalue weighted by Crippen LogP contribution is 2.29. The Morgan fingerprint density at radius 2 is 1.69 bits per heavy atom. The molecule has 3 aromatic rings. The second-order valence-electron chi connectivity index (χ2n) is 6.55. The van der Waals surface area contributed by atoms with E-state index in [-0.39, 0.29) is 6.10 Å². The fourth-order valence-corrected chi connectivity index (χ4v) is 2.98. The minimum absolute atomic E-state index is 0.205. The lowest BCUT2D eigenvalue weighted by Gasteiger charge is -2.18. The highest BCUT2D eigenvalue weighted by molar-refractivity contribution is 5.87. The lowest BCUT2D eigenvalue weighted by atomic mass is 10.0. The summed E-state index contributed by atoms with van der Waals surface area (Å²) in [6, 6.07) is 20.9. The standard InChI is InChI=1S/C23H27NO2/c1-4-17(2)26-23-14-11-19-7-5-6-8-21(19)22(23)16-24-15-18-9-12-20(25-3)13-10-18/h5-14,17,24H,4,15-16H2,1-3H3. The van der Waals surface area contributed by atoms with Gasteiger partial charge in [-0.15, -0.1) is 0 Å². The van der Waals surface area contributed by atoms with Gasteiger partial charge in [0.05, 0.1) is 13.2 Å². The van der Waals surface area contributed by atoms with Crippen LogP contribution in [0.4, 0.5) is 0 Å². The highest BCUT2D eigenvalue weighted by atomic mass is 16.5. The first-order valence-electron chi connectivity index (χ1n) is 9.22. The third-order valence-electron chi connectivity index (χ3n) is 4.69. The molecule has 3 heteroatoms. The molecule has 0 aromatic heterocycles. The number of benzene rings is 3. The number of methoxy groups -OCH3 is 1. The largest absolute Gasteiger partial charge is 0.497 e. The molecule has 0 aliphatic carbocycles. The van der Waals surface area contributed by atoms with E-state index in [9.17, 15) is 0 Å². The summed E-state index contributed by atoms with van der Waals surface area (Å²) in [5.74, 6) is 1.85. The maximum Gasteiger partial charge on any atom is 0.124 e. The molecule has 3 aromatic carbocycles. The van der Waals surface area contributed by atoms with Crippen molar-refractivity contribution in [3.8, 4) is 11.5 Å². The van der Waals surface area contributed by atoms with Crippen molar-refractivity contribution in [1.29, 1.82) is 0 Å². The SMILES string of the molecule is CCC(C)Oc1ccc2ccccc2c1CNCc1ccc(OC)cc1. The van der Waals surface area contributed by atoms with Crippen LogP contribution in [-0.4, -0.2) is 13.2 Å². The van der Waals surface area contributed by atoms with Crippen molar-refractivity contribution in [1.82, 2.24) is 5.32 Å². The minimum Gasteiger partial charge on any atom is -0.497 e. The smallest absolute Gasteiger partial charge is 0.124 e. The van der Waals surface area contributed by atoms with Gasteiger partial charge < -0.3 is 14.8 Å². The van der Waals surface area contributed by atoms with Crippen molar-refractivity contribution in [3.05, 3.63) is 71.8 Å². The maximum absolute atomic E-state index is 6.18. The molecule has 1 atom stereocenters. The predicted molar refractivity (Wildman–Crippen MR) is 108 cm³/mol. The summed E-state index contributed by atoms with van der Waals surface area (Å²) in [5, 5.41) is 6.05. The van der Waals surface area contributed by atoms with E-state index in [2.05, 4.69) is 67.7 Å². The van der Waals surface area contributed by atoms with E-state index >= 15 is 0 Å². The molecular weight excluding hydrogens is 322 g/mol. The van der Waals surface area contributed by atoms with E-state index in [0.717, 1.165) is 31.0 Å². The Hall–Kier alpha value is -2.52. The molecule has 26 heavy (non-hydrogen) atoms. The molecule has 0 spiro atoms. The lowest BCUT2D eigenvalue weighted by molar-refractivity contribution is 0.215. The summed E-state index contributed by atoms with van der Waals surface area (Å²) in [5.41, 5.74) is 2.45. The van der Waals surface area contributed by atoms with Crippen LogP contribution in [0.25, 0.3) is 10.8 Å². The molecule has 0 saturated heterocycles. The minimum atomic E-state index is 0.205. The van der Waals surface area contributed by atoms with Gasteiger partial charge in [0.1, 0.15) is 11.5 Å². The van der Waals surface area contributed by atoms with E-state index < -0.39 is 0 Å². The van der Waals surface area contributed by atoms with Crippen LogP contribution in [0.3, 0.4) is 0 Å². The second kappa shape index (κ2) is 8.72. The van der Waals surface area contributed by atoms with Crippen molar-refractivity contribution in [2.24, 2.45) is 0 Å². The topological polar surface area (TPSA) is 30.5 Å². The van der Waals surface area contributed by atoms with Crippen molar-refractivity contribution in [3.63, 3.8) is 0 Å². The van der Waals surface area contributed by atoms with Gasteiger partial charge in [-0.05, 0) is 47.9 Å². The molecule has 0 aliphatic rings. The monoisotopic (exact) mass is 349 g/mol. The number of hydrogen-bond donors (Lipinski definition) is 1. The Morgan fingerprint density at radius 1 is 0.923 bits per heavy atom. The van der Waals surface area contributed by atoms with Gasteiger partial charge in [0.2, 0.25) is 0 Å². The van der Waals surface area contributed by atoms with E-state index in [1.165, 1.54) is 21.9 Å². The van der Waals surface area contributed by atoms with Gasteiger partial charge in [-0.1, -0.05) is 49.4 Å². The average Bonchev–Trinajstić information content (AvgIpc) is 2.69. The summed E-state index contributed by atoms with van der Waals surface area (Å²) in [6.45, 7) is 5.83. The van der Waals surface area contributed by atoms with Gasteiger partial charge in [-0.25, -0.2) is 0 Å². The van der Waals surface area contributed by atoms with E-state index in [4.69, 9.17) is 9.47 Å². The molecule has 3 nitrogen and oxygen atoms in total. The van der Waals surface area contributed by atoms with Crippen LogP contribution in [0, 0.1) is 0 Å². The zero-order chi connectivity index (χ0) is 18.4. The molecule has 3 rings (SSSR count). The Morgan fingerprint density at radius 3 is 2.42 bits per heavy atom. The molecule has 0 heterocycles. The van der Waals surface area contributed by atoms with Crippen LogP contribution in [0.5, 0.6) is 11.5 Å². The fraction of sp³-hybridized carbons (Fsp3) is 0.304. The van der Waals surface area contributed by atoms with Gasteiger partial charge in [-0.2, -0.15) is 0 Å². The fourth-order valence-electron chi connectivity index (χ4n) is 2.98. The third kappa shape index (κ3) is 4.36. The summed E-state index contributed by atoms with van der Waals surface area (Å²) in [7, 11) is 1.69. The molecule has 0 bridgehead atoms. The van der Waals surface area contributed by atoms with Gasteiger partial charge in [0, 0.05) is 18.7 Å². The van der Waals surface area contributed by atoms with Crippen molar-refractivity contribution < 1.29 is 9.47 Å². The van der Waals surface area contributed by atoms with Crippen LogP contribution in [0.15, 0.2) is 60.7 Å². The second-order valence-corrected chi connectivity index (χ2v) is 6.55. The number of ether oxygens (including phenoxy) is 2.